The number of nitrogens with zero attached hydrogens (tertiary/aromatic N) is 3. The van der Waals surface area contributed by atoms with Gasteiger partial charge in [0, 0.05) is 43.3 Å². The molecule has 1 heterocycles. The van der Waals surface area contributed by atoms with Gasteiger partial charge in [0.05, 0.1) is 40.0 Å². The first kappa shape index (κ1) is 26.0. The summed E-state index contributed by atoms with van der Waals surface area (Å²) in [5.41, 5.74) is 2.37. The third-order valence-corrected chi connectivity index (χ3v) is 5.51. The molecule has 2 aromatic rings. The lowest BCUT2D eigenvalue weighted by Gasteiger charge is -2.28. The predicted octanol–water partition coefficient (Wildman–Crippen LogP) is 1.50. The zero-order chi connectivity index (χ0) is 25.2. The third-order valence-electron chi connectivity index (χ3n) is 5.51. The molecule has 35 heavy (non-hydrogen) atoms. The smallest absolute Gasteiger partial charge is 0.243 e. The molecule has 0 bridgehead atoms. The molecule has 10 heteroatoms. The normalized spacial score (nSPS) is 13.3. The van der Waals surface area contributed by atoms with Gasteiger partial charge in [-0.2, -0.15) is 0 Å². The third kappa shape index (κ3) is 8.27. The summed E-state index contributed by atoms with van der Waals surface area (Å²) in [6.07, 6.45) is 0. The minimum atomic E-state index is -0.324. The van der Waals surface area contributed by atoms with Gasteiger partial charge < -0.3 is 29.9 Å². The maximum Gasteiger partial charge on any atom is 0.243 e. The van der Waals surface area contributed by atoms with Gasteiger partial charge in [-0.1, -0.05) is 6.07 Å². The van der Waals surface area contributed by atoms with E-state index in [9.17, 15) is 14.4 Å². The van der Waals surface area contributed by atoms with Crippen LogP contribution in [-0.4, -0.2) is 94.7 Å². The second-order valence-corrected chi connectivity index (χ2v) is 8.40. The van der Waals surface area contributed by atoms with E-state index in [1.165, 1.54) is 4.90 Å². The van der Waals surface area contributed by atoms with Gasteiger partial charge in [-0.25, -0.2) is 0 Å². The maximum atomic E-state index is 12.5. The number of carbonyl (C=O) groups excluding carboxylic acids is 3. The van der Waals surface area contributed by atoms with Crippen molar-refractivity contribution in [2.75, 3.05) is 82.7 Å². The molecule has 2 N–H and O–H groups in total. The second-order valence-electron chi connectivity index (χ2n) is 8.40. The number of ether oxygens (including phenoxy) is 2. The molecule has 1 aliphatic heterocycles. The minimum absolute atomic E-state index is 0.00628. The second kappa shape index (κ2) is 12.7. The van der Waals surface area contributed by atoms with E-state index in [1.807, 2.05) is 24.3 Å². The summed E-state index contributed by atoms with van der Waals surface area (Å²) < 4.78 is 10.5. The van der Waals surface area contributed by atoms with Crippen molar-refractivity contribution in [1.82, 2.24) is 9.80 Å². The molecule has 0 radical (unpaired) electrons. The monoisotopic (exact) mass is 483 g/mol. The Kier molecular flexibility index (Phi) is 9.45. The molecule has 1 aliphatic rings. The van der Waals surface area contributed by atoms with Crippen LogP contribution >= 0.6 is 0 Å². The van der Waals surface area contributed by atoms with Gasteiger partial charge in [0.15, 0.2) is 0 Å². The van der Waals surface area contributed by atoms with Crippen LogP contribution in [0.1, 0.15) is 0 Å². The topological polar surface area (TPSA) is 103 Å². The molecule has 0 aliphatic carbocycles. The zero-order valence-corrected chi connectivity index (χ0v) is 20.5. The van der Waals surface area contributed by atoms with Crippen LogP contribution in [-0.2, 0) is 19.1 Å². The number of likely N-dealkylation sites (N-methyl/N-ethyl adjacent to an activating group) is 2. The van der Waals surface area contributed by atoms with Gasteiger partial charge in [0.1, 0.15) is 5.75 Å². The fourth-order valence-electron chi connectivity index (χ4n) is 3.64. The number of anilines is 3. The first-order valence-corrected chi connectivity index (χ1v) is 11.4. The number of benzene rings is 2. The van der Waals surface area contributed by atoms with Gasteiger partial charge in [0.25, 0.3) is 0 Å². The van der Waals surface area contributed by atoms with Crippen molar-refractivity contribution in [3.05, 3.63) is 48.5 Å². The molecular weight excluding hydrogens is 450 g/mol. The van der Waals surface area contributed by atoms with Crippen molar-refractivity contribution < 1.29 is 23.9 Å². The lowest BCUT2D eigenvalue weighted by molar-refractivity contribution is -0.134. The first-order valence-electron chi connectivity index (χ1n) is 11.4. The van der Waals surface area contributed by atoms with Gasteiger partial charge in [0.2, 0.25) is 17.7 Å². The molecule has 1 fully saturated rings. The lowest BCUT2D eigenvalue weighted by atomic mass is 10.2. The van der Waals surface area contributed by atoms with E-state index in [-0.39, 0.29) is 37.4 Å². The summed E-state index contributed by atoms with van der Waals surface area (Å²) in [7, 11) is 4.78. The largest absolute Gasteiger partial charge is 0.497 e. The van der Waals surface area contributed by atoms with Crippen molar-refractivity contribution in [3.8, 4) is 5.75 Å². The summed E-state index contributed by atoms with van der Waals surface area (Å²) in [4.78, 5) is 42.4. The lowest BCUT2D eigenvalue weighted by Crippen LogP contribution is -2.42. The predicted molar refractivity (Wildman–Crippen MR) is 135 cm³/mol. The Hall–Kier alpha value is -3.63. The molecule has 1 saturated heterocycles. The Morgan fingerprint density at radius 1 is 0.914 bits per heavy atom. The van der Waals surface area contributed by atoms with Crippen LogP contribution in [0, 0.1) is 0 Å². The number of methoxy groups -OCH3 is 1. The van der Waals surface area contributed by atoms with E-state index < -0.39 is 0 Å². The highest BCUT2D eigenvalue weighted by molar-refractivity contribution is 5.95. The van der Waals surface area contributed by atoms with E-state index >= 15 is 0 Å². The summed E-state index contributed by atoms with van der Waals surface area (Å²) in [6, 6.07) is 14.7. The van der Waals surface area contributed by atoms with Crippen LogP contribution in [0.4, 0.5) is 17.1 Å². The summed E-state index contributed by atoms with van der Waals surface area (Å²) in [5, 5.41) is 5.59. The van der Waals surface area contributed by atoms with E-state index in [0.29, 0.717) is 30.3 Å². The van der Waals surface area contributed by atoms with E-state index in [2.05, 4.69) is 15.5 Å². The van der Waals surface area contributed by atoms with Crippen LogP contribution in [0.5, 0.6) is 5.75 Å². The van der Waals surface area contributed by atoms with Crippen LogP contribution in [0.25, 0.3) is 0 Å². The Balaban J connectivity index is 1.40. The molecule has 3 rings (SSSR count). The fourth-order valence-corrected chi connectivity index (χ4v) is 3.64. The molecule has 0 atom stereocenters. The van der Waals surface area contributed by atoms with Gasteiger partial charge in [-0.3, -0.25) is 19.3 Å². The number of rotatable bonds is 10. The maximum absolute atomic E-state index is 12.5. The van der Waals surface area contributed by atoms with Crippen molar-refractivity contribution in [1.29, 1.82) is 0 Å². The quantitative estimate of drug-likeness (QED) is 0.528. The highest BCUT2D eigenvalue weighted by atomic mass is 16.5. The molecule has 188 valence electrons. The molecule has 0 aromatic heterocycles. The zero-order valence-electron chi connectivity index (χ0n) is 20.5. The Labute approximate surface area is 205 Å². The molecule has 0 saturated carbocycles. The van der Waals surface area contributed by atoms with E-state index in [1.54, 1.807) is 50.4 Å². The van der Waals surface area contributed by atoms with Crippen LogP contribution in [0.3, 0.4) is 0 Å². The van der Waals surface area contributed by atoms with Crippen molar-refractivity contribution in [3.63, 3.8) is 0 Å². The number of morpholine rings is 1. The highest BCUT2D eigenvalue weighted by Gasteiger charge is 2.17. The van der Waals surface area contributed by atoms with Crippen molar-refractivity contribution >= 4 is 34.8 Å². The standard InChI is InChI=1S/C25H33N5O5/c1-28(16-23(31)26-19-7-9-21(10-8-19)30-11-13-35-14-12-30)18-25(33)29(2)17-24(32)27-20-5-4-6-22(15-20)34-3/h4-10,15H,11-14,16-18H2,1-3H3,(H,26,31)(H,27,32). The number of nitrogens with one attached hydrogen (secondary N) is 2. The number of hydrogen-bond acceptors (Lipinski definition) is 7. The van der Waals surface area contributed by atoms with Crippen molar-refractivity contribution in [2.45, 2.75) is 0 Å². The molecule has 10 nitrogen and oxygen atoms in total. The van der Waals surface area contributed by atoms with E-state index in [0.717, 1.165) is 18.8 Å². The summed E-state index contributed by atoms with van der Waals surface area (Å²) >= 11 is 0. The van der Waals surface area contributed by atoms with Gasteiger partial charge >= 0.3 is 0 Å². The molecule has 2 aromatic carbocycles. The van der Waals surface area contributed by atoms with Gasteiger partial charge in [-0.05, 0) is 43.4 Å². The van der Waals surface area contributed by atoms with Crippen LogP contribution in [0.2, 0.25) is 0 Å². The summed E-state index contributed by atoms with van der Waals surface area (Å²) in [6.45, 7) is 3.07. The molecule has 3 amide bonds. The molecular formula is C25H33N5O5. The SMILES string of the molecule is COc1cccc(NC(=O)CN(C)C(=O)CN(C)CC(=O)Nc2ccc(N3CCOCC3)cc2)c1. The van der Waals surface area contributed by atoms with E-state index in [4.69, 9.17) is 9.47 Å². The highest BCUT2D eigenvalue weighted by Crippen LogP contribution is 2.19. The summed E-state index contributed by atoms with van der Waals surface area (Å²) in [5.74, 6) is -0.191. The Morgan fingerprint density at radius 2 is 1.57 bits per heavy atom. The molecule has 0 spiro atoms. The van der Waals surface area contributed by atoms with Crippen LogP contribution in [0.15, 0.2) is 48.5 Å². The number of amides is 3. The average molecular weight is 484 g/mol. The number of carbonyl (C=O) groups is 3. The van der Waals surface area contributed by atoms with Gasteiger partial charge in [-0.15, -0.1) is 0 Å². The Bertz CT molecular complexity index is 1010. The average Bonchev–Trinajstić information content (AvgIpc) is 2.84. The van der Waals surface area contributed by atoms with Crippen molar-refractivity contribution in [2.24, 2.45) is 0 Å². The fraction of sp³-hybridized carbons (Fsp3) is 0.400. The molecule has 0 unspecified atom stereocenters. The first-order chi connectivity index (χ1) is 16.8. The Morgan fingerprint density at radius 3 is 2.26 bits per heavy atom. The minimum Gasteiger partial charge on any atom is -0.497 e. The number of hydrogen-bond donors (Lipinski definition) is 2. The van der Waals surface area contributed by atoms with Crippen LogP contribution < -0.4 is 20.3 Å².